The maximum Gasteiger partial charge on any atom is 0.00955 e. The van der Waals surface area contributed by atoms with Crippen LogP contribution in [0.5, 0.6) is 0 Å². The first-order valence-electron chi connectivity index (χ1n) is 2.36. The van der Waals surface area contributed by atoms with Crippen LogP contribution in [0.1, 0.15) is 13.3 Å². The van der Waals surface area contributed by atoms with Crippen LogP contribution in [0, 0.1) is 5.92 Å². The summed E-state index contributed by atoms with van der Waals surface area (Å²) in [6.45, 7) is 2.18. The van der Waals surface area contributed by atoms with E-state index in [1.165, 1.54) is 6.42 Å². The molecule has 0 saturated heterocycles. The van der Waals surface area contributed by atoms with Crippen molar-refractivity contribution in [3.63, 3.8) is 0 Å². The summed E-state index contributed by atoms with van der Waals surface area (Å²) in [5, 5.41) is 0. The molecular formula is C6H8. The summed E-state index contributed by atoms with van der Waals surface area (Å²) >= 11 is 0. The van der Waals surface area contributed by atoms with E-state index in [2.05, 4.69) is 24.8 Å². The Hall–Kier alpha value is -0.480. The Balaban J connectivity index is 2.31. The van der Waals surface area contributed by atoms with Gasteiger partial charge in [-0.3, -0.25) is 0 Å². The molecule has 1 rings (SSSR count). The Morgan fingerprint density at radius 3 is 2.33 bits per heavy atom. The fourth-order valence-corrected chi connectivity index (χ4v) is 0.468. The fraction of sp³-hybridized carbons (Fsp3) is 0.500. The lowest BCUT2D eigenvalue weighted by molar-refractivity contribution is 0.753. The molecule has 1 aliphatic rings. The van der Waals surface area contributed by atoms with Crippen LogP contribution in [0.2, 0.25) is 0 Å². The summed E-state index contributed by atoms with van der Waals surface area (Å²) in [6.07, 6.45) is 5.44. The molecule has 0 aromatic rings. The van der Waals surface area contributed by atoms with Crippen LogP contribution >= 0.6 is 0 Å². The molecule has 0 atom stereocenters. The van der Waals surface area contributed by atoms with Gasteiger partial charge in [-0.15, -0.1) is 5.73 Å². The van der Waals surface area contributed by atoms with E-state index in [-0.39, 0.29) is 0 Å². The van der Waals surface area contributed by atoms with Gasteiger partial charge in [0.1, 0.15) is 0 Å². The lowest BCUT2D eigenvalue weighted by atomic mass is 10.0. The quantitative estimate of drug-likeness (QED) is 0.421. The van der Waals surface area contributed by atoms with Crippen LogP contribution in [0.25, 0.3) is 0 Å². The van der Waals surface area contributed by atoms with Gasteiger partial charge in [-0.05, 0) is 18.6 Å². The standard InChI is InChI=1S/C6H8/c1-2-6-4-3-5-6/h4-6H,2H2,1H3. The predicted octanol–water partition coefficient (Wildman–Crippen LogP) is 1.74. The second-order valence-corrected chi connectivity index (χ2v) is 1.57. The molecule has 0 heteroatoms. The van der Waals surface area contributed by atoms with Gasteiger partial charge in [-0.2, -0.15) is 0 Å². The lowest BCUT2D eigenvalue weighted by Gasteiger charge is -2.03. The lowest BCUT2D eigenvalue weighted by Crippen LogP contribution is -1.91. The number of allylic oxidation sites excluding steroid dienone is 1. The topological polar surface area (TPSA) is 0 Å². The molecule has 6 heavy (non-hydrogen) atoms. The molecule has 0 aliphatic heterocycles. The SMILES string of the molecule is CCC1C=C=C1. The molecule has 0 fully saturated rings. The molecule has 0 N–H and O–H groups in total. The summed E-state index contributed by atoms with van der Waals surface area (Å²) in [5.41, 5.74) is 2.96. The van der Waals surface area contributed by atoms with Crippen molar-refractivity contribution in [2.45, 2.75) is 13.3 Å². The van der Waals surface area contributed by atoms with Crippen molar-refractivity contribution in [1.29, 1.82) is 0 Å². The maximum atomic E-state index is 2.96. The zero-order chi connectivity index (χ0) is 4.41. The fourth-order valence-electron chi connectivity index (χ4n) is 0.468. The van der Waals surface area contributed by atoms with Crippen LogP contribution < -0.4 is 0 Å². The molecule has 1 aliphatic carbocycles. The number of hydrogen-bond donors (Lipinski definition) is 0. The third-order valence-corrected chi connectivity index (χ3v) is 1.09. The molecule has 0 aromatic heterocycles. The third kappa shape index (κ3) is 0.395. The molecule has 32 valence electrons. The van der Waals surface area contributed by atoms with E-state index >= 15 is 0 Å². The van der Waals surface area contributed by atoms with Gasteiger partial charge < -0.3 is 0 Å². The van der Waals surface area contributed by atoms with E-state index in [0.29, 0.717) is 0 Å². The van der Waals surface area contributed by atoms with Crippen molar-refractivity contribution in [1.82, 2.24) is 0 Å². The van der Waals surface area contributed by atoms with Crippen molar-refractivity contribution in [2.75, 3.05) is 0 Å². The first kappa shape index (κ1) is 3.70. The molecule has 0 unspecified atom stereocenters. The largest absolute Gasteiger partial charge is 0.128 e. The molecule has 0 spiro atoms. The molecule has 0 bridgehead atoms. The van der Waals surface area contributed by atoms with Crippen molar-refractivity contribution >= 4 is 0 Å². The molecule has 0 heterocycles. The van der Waals surface area contributed by atoms with E-state index < -0.39 is 0 Å². The minimum atomic E-state index is 0.755. The second kappa shape index (κ2) is 1.32. The van der Waals surface area contributed by atoms with Crippen molar-refractivity contribution < 1.29 is 0 Å². The minimum Gasteiger partial charge on any atom is -0.128 e. The Morgan fingerprint density at radius 1 is 1.67 bits per heavy atom. The van der Waals surface area contributed by atoms with Gasteiger partial charge >= 0.3 is 0 Å². The van der Waals surface area contributed by atoms with Crippen molar-refractivity contribution in [2.24, 2.45) is 5.92 Å². The zero-order valence-corrected chi connectivity index (χ0v) is 3.94. The van der Waals surface area contributed by atoms with Crippen LogP contribution in [-0.2, 0) is 0 Å². The van der Waals surface area contributed by atoms with Crippen molar-refractivity contribution in [3.8, 4) is 0 Å². The predicted molar refractivity (Wildman–Crippen MR) is 26.4 cm³/mol. The summed E-state index contributed by atoms with van der Waals surface area (Å²) in [6, 6.07) is 0. The Bertz CT molecular complexity index is 86.6. The number of rotatable bonds is 1. The third-order valence-electron chi connectivity index (χ3n) is 1.09. The van der Waals surface area contributed by atoms with E-state index in [1.807, 2.05) is 0 Å². The van der Waals surface area contributed by atoms with Gasteiger partial charge in [0.2, 0.25) is 0 Å². The first-order valence-corrected chi connectivity index (χ1v) is 2.36. The second-order valence-electron chi connectivity index (χ2n) is 1.57. The van der Waals surface area contributed by atoms with E-state index in [0.717, 1.165) is 5.92 Å². The van der Waals surface area contributed by atoms with Gasteiger partial charge in [0.25, 0.3) is 0 Å². The van der Waals surface area contributed by atoms with E-state index in [4.69, 9.17) is 0 Å². The van der Waals surface area contributed by atoms with Gasteiger partial charge in [-0.1, -0.05) is 6.92 Å². The van der Waals surface area contributed by atoms with E-state index in [1.54, 1.807) is 0 Å². The molecular weight excluding hydrogens is 72.1 g/mol. The number of hydrogen-bond acceptors (Lipinski definition) is 0. The van der Waals surface area contributed by atoms with Crippen LogP contribution in [-0.4, -0.2) is 0 Å². The summed E-state index contributed by atoms with van der Waals surface area (Å²) in [7, 11) is 0. The maximum absolute atomic E-state index is 2.96. The van der Waals surface area contributed by atoms with Crippen molar-refractivity contribution in [3.05, 3.63) is 17.9 Å². The highest BCUT2D eigenvalue weighted by Crippen LogP contribution is 2.10. The van der Waals surface area contributed by atoms with Crippen LogP contribution in [0.4, 0.5) is 0 Å². The minimum absolute atomic E-state index is 0.755. The van der Waals surface area contributed by atoms with Crippen LogP contribution in [0.3, 0.4) is 0 Å². The first-order chi connectivity index (χ1) is 2.93. The molecule has 0 saturated carbocycles. The van der Waals surface area contributed by atoms with Gasteiger partial charge in [0.05, 0.1) is 0 Å². The van der Waals surface area contributed by atoms with Gasteiger partial charge in [-0.25, -0.2) is 0 Å². The van der Waals surface area contributed by atoms with Crippen LogP contribution in [0.15, 0.2) is 17.9 Å². The molecule has 0 amide bonds. The van der Waals surface area contributed by atoms with E-state index in [9.17, 15) is 0 Å². The summed E-state index contributed by atoms with van der Waals surface area (Å²) in [5.74, 6) is 0.755. The van der Waals surface area contributed by atoms with Gasteiger partial charge in [0, 0.05) is 5.92 Å². The molecule has 0 radical (unpaired) electrons. The Morgan fingerprint density at radius 2 is 2.33 bits per heavy atom. The average Bonchev–Trinajstić information content (AvgIpc) is 1.31. The normalized spacial score (nSPS) is 18.2. The Labute approximate surface area is 38.2 Å². The monoisotopic (exact) mass is 80.1 g/mol. The zero-order valence-electron chi connectivity index (χ0n) is 3.94. The highest BCUT2D eigenvalue weighted by Gasteiger charge is 1.97. The Kier molecular flexibility index (Phi) is 0.813. The smallest absolute Gasteiger partial charge is 0.00955 e. The van der Waals surface area contributed by atoms with Gasteiger partial charge in [0.15, 0.2) is 0 Å². The summed E-state index contributed by atoms with van der Waals surface area (Å²) in [4.78, 5) is 0. The highest BCUT2D eigenvalue weighted by atomic mass is 14.0. The average molecular weight is 80.1 g/mol. The molecule has 0 nitrogen and oxygen atoms in total. The molecule has 0 aromatic carbocycles. The summed E-state index contributed by atoms with van der Waals surface area (Å²) < 4.78 is 0. The highest BCUT2D eigenvalue weighted by molar-refractivity contribution is 5.07.